The number of carboxylic acid groups (broad SMARTS) is 1. The second-order valence-electron chi connectivity index (χ2n) is 6.02. The molecule has 4 heteroatoms. The lowest BCUT2D eigenvalue weighted by atomic mass is 9.98. The Labute approximate surface area is 124 Å². The molecule has 112 valence electrons. The third-order valence-corrected chi connectivity index (χ3v) is 4.65. The molecule has 1 N–H and O–H groups in total. The first kappa shape index (κ1) is 14.1. The summed E-state index contributed by atoms with van der Waals surface area (Å²) in [6.07, 6.45) is 2.48. The molecule has 1 aliphatic rings. The smallest absolute Gasteiger partial charge is 0.372 e. The average molecular weight is 287 g/mol. The molecule has 1 aliphatic heterocycles. The van der Waals surface area contributed by atoms with Gasteiger partial charge in [-0.2, -0.15) is 0 Å². The molecule has 0 unspecified atom stereocenters. The van der Waals surface area contributed by atoms with Crippen LogP contribution in [0.25, 0.3) is 11.0 Å². The van der Waals surface area contributed by atoms with Crippen molar-refractivity contribution < 1.29 is 14.3 Å². The van der Waals surface area contributed by atoms with E-state index in [4.69, 9.17) is 4.42 Å². The van der Waals surface area contributed by atoms with Gasteiger partial charge in [-0.3, -0.25) is 4.90 Å². The van der Waals surface area contributed by atoms with Crippen LogP contribution in [0.1, 0.15) is 45.7 Å². The van der Waals surface area contributed by atoms with E-state index in [0.717, 1.165) is 41.7 Å². The van der Waals surface area contributed by atoms with Crippen LogP contribution in [0, 0.1) is 20.8 Å². The summed E-state index contributed by atoms with van der Waals surface area (Å²) in [7, 11) is 0. The van der Waals surface area contributed by atoms with Crippen LogP contribution in [0.5, 0.6) is 0 Å². The molecule has 1 aromatic carbocycles. The summed E-state index contributed by atoms with van der Waals surface area (Å²) in [5.41, 5.74) is 5.02. The van der Waals surface area contributed by atoms with E-state index in [0.29, 0.717) is 0 Å². The number of likely N-dealkylation sites (tertiary alicyclic amines) is 1. The van der Waals surface area contributed by atoms with E-state index in [1.807, 2.05) is 13.0 Å². The number of fused-ring (bicyclic) bond motifs is 1. The number of aromatic carboxylic acids is 1. The quantitative estimate of drug-likeness (QED) is 0.936. The largest absolute Gasteiger partial charge is 0.475 e. The van der Waals surface area contributed by atoms with Crippen molar-refractivity contribution in [2.24, 2.45) is 0 Å². The number of aryl methyl sites for hydroxylation is 2. The van der Waals surface area contributed by atoms with Gasteiger partial charge in [-0.05, 0) is 63.9 Å². The van der Waals surface area contributed by atoms with Gasteiger partial charge in [-0.15, -0.1) is 0 Å². The van der Waals surface area contributed by atoms with Crippen molar-refractivity contribution in [1.29, 1.82) is 0 Å². The van der Waals surface area contributed by atoms with Gasteiger partial charge < -0.3 is 9.52 Å². The number of furan rings is 1. The van der Waals surface area contributed by atoms with E-state index < -0.39 is 5.97 Å². The number of hydrogen-bond acceptors (Lipinski definition) is 3. The van der Waals surface area contributed by atoms with Crippen molar-refractivity contribution in [2.45, 2.75) is 40.2 Å². The molecular formula is C17H21NO3. The van der Waals surface area contributed by atoms with Gasteiger partial charge in [-0.25, -0.2) is 4.79 Å². The maximum Gasteiger partial charge on any atom is 0.372 e. The van der Waals surface area contributed by atoms with Crippen molar-refractivity contribution in [1.82, 2.24) is 4.90 Å². The van der Waals surface area contributed by atoms with Gasteiger partial charge in [0.25, 0.3) is 0 Å². The Morgan fingerprint density at radius 3 is 2.52 bits per heavy atom. The Bertz CT molecular complexity index is 709. The summed E-state index contributed by atoms with van der Waals surface area (Å²) < 4.78 is 5.71. The van der Waals surface area contributed by atoms with Gasteiger partial charge in [-0.1, -0.05) is 0 Å². The predicted octanol–water partition coefficient (Wildman–Crippen LogP) is 3.65. The Morgan fingerprint density at radius 1 is 1.24 bits per heavy atom. The van der Waals surface area contributed by atoms with Crippen LogP contribution < -0.4 is 0 Å². The third-order valence-electron chi connectivity index (χ3n) is 4.65. The summed E-state index contributed by atoms with van der Waals surface area (Å²) in [4.78, 5) is 13.7. The molecule has 2 heterocycles. The highest BCUT2D eigenvalue weighted by molar-refractivity contribution is 5.96. The minimum Gasteiger partial charge on any atom is -0.475 e. The first-order chi connectivity index (χ1) is 9.99. The maximum atomic E-state index is 11.3. The molecule has 2 aromatic rings. The lowest BCUT2D eigenvalue weighted by Gasteiger charge is -2.17. The van der Waals surface area contributed by atoms with Gasteiger partial charge in [0.2, 0.25) is 5.76 Å². The Kier molecular flexibility index (Phi) is 3.49. The molecule has 3 rings (SSSR count). The fourth-order valence-electron chi connectivity index (χ4n) is 3.22. The van der Waals surface area contributed by atoms with Gasteiger partial charge in [0.15, 0.2) is 0 Å². The SMILES string of the molecule is Cc1cc2c(C)c(C(=O)O)oc2c(CN2CCCC2)c1C. The number of carbonyl (C=O) groups is 1. The fraction of sp³-hybridized carbons (Fsp3) is 0.471. The molecule has 0 saturated carbocycles. The van der Waals surface area contributed by atoms with Crippen molar-refractivity contribution >= 4 is 16.9 Å². The second kappa shape index (κ2) is 5.19. The van der Waals surface area contributed by atoms with Crippen LogP contribution in [-0.2, 0) is 6.54 Å². The van der Waals surface area contributed by atoms with E-state index >= 15 is 0 Å². The molecule has 0 radical (unpaired) electrons. The summed E-state index contributed by atoms with van der Waals surface area (Å²) in [5, 5.41) is 10.2. The van der Waals surface area contributed by atoms with E-state index in [2.05, 4.69) is 18.7 Å². The summed E-state index contributed by atoms with van der Waals surface area (Å²) in [5.74, 6) is -0.927. The Balaban J connectivity index is 2.18. The number of hydrogen-bond donors (Lipinski definition) is 1. The number of benzene rings is 1. The summed E-state index contributed by atoms with van der Waals surface area (Å²) in [6, 6.07) is 2.05. The molecule has 1 fully saturated rings. The standard InChI is InChI=1S/C17H21NO3/c1-10-8-13-12(3)15(17(19)20)21-16(13)14(11(10)2)9-18-6-4-5-7-18/h8H,4-7,9H2,1-3H3,(H,19,20). The molecule has 0 bridgehead atoms. The number of carboxylic acids is 1. The van der Waals surface area contributed by atoms with Crippen LogP contribution in [-0.4, -0.2) is 29.1 Å². The molecule has 0 atom stereocenters. The molecule has 21 heavy (non-hydrogen) atoms. The highest BCUT2D eigenvalue weighted by Crippen LogP contribution is 2.33. The molecule has 0 amide bonds. The minimum atomic E-state index is -0.994. The predicted molar refractivity (Wildman–Crippen MR) is 81.9 cm³/mol. The molecule has 0 spiro atoms. The molecule has 0 aliphatic carbocycles. The lowest BCUT2D eigenvalue weighted by molar-refractivity contribution is 0.0664. The van der Waals surface area contributed by atoms with E-state index in [-0.39, 0.29) is 5.76 Å². The van der Waals surface area contributed by atoms with Gasteiger partial charge >= 0.3 is 5.97 Å². The summed E-state index contributed by atoms with van der Waals surface area (Å²) >= 11 is 0. The lowest BCUT2D eigenvalue weighted by Crippen LogP contribution is -2.19. The first-order valence-corrected chi connectivity index (χ1v) is 7.47. The normalized spacial score (nSPS) is 16.0. The Hall–Kier alpha value is -1.81. The van der Waals surface area contributed by atoms with E-state index in [1.54, 1.807) is 0 Å². The van der Waals surface area contributed by atoms with Crippen LogP contribution in [0.2, 0.25) is 0 Å². The first-order valence-electron chi connectivity index (χ1n) is 7.47. The number of rotatable bonds is 3. The van der Waals surface area contributed by atoms with Gasteiger partial charge in [0, 0.05) is 23.1 Å². The monoisotopic (exact) mass is 287 g/mol. The summed E-state index contributed by atoms with van der Waals surface area (Å²) in [6.45, 7) is 9.06. The second-order valence-corrected chi connectivity index (χ2v) is 6.02. The maximum absolute atomic E-state index is 11.3. The van der Waals surface area contributed by atoms with Crippen molar-refractivity contribution in [3.8, 4) is 0 Å². The minimum absolute atomic E-state index is 0.0673. The number of nitrogens with zero attached hydrogens (tertiary/aromatic N) is 1. The van der Waals surface area contributed by atoms with Crippen LogP contribution in [0.4, 0.5) is 0 Å². The highest BCUT2D eigenvalue weighted by atomic mass is 16.4. The zero-order chi connectivity index (χ0) is 15.1. The molecule has 4 nitrogen and oxygen atoms in total. The van der Waals surface area contributed by atoms with E-state index in [9.17, 15) is 9.90 Å². The highest BCUT2D eigenvalue weighted by Gasteiger charge is 2.22. The van der Waals surface area contributed by atoms with Crippen LogP contribution >= 0.6 is 0 Å². The van der Waals surface area contributed by atoms with Crippen molar-refractivity contribution in [3.05, 3.63) is 34.1 Å². The fourth-order valence-corrected chi connectivity index (χ4v) is 3.22. The third kappa shape index (κ3) is 2.33. The topological polar surface area (TPSA) is 53.7 Å². The van der Waals surface area contributed by atoms with Crippen LogP contribution in [0.15, 0.2) is 10.5 Å². The van der Waals surface area contributed by atoms with Crippen molar-refractivity contribution in [3.63, 3.8) is 0 Å². The average Bonchev–Trinajstić information content (AvgIpc) is 3.04. The van der Waals surface area contributed by atoms with Gasteiger partial charge in [0.1, 0.15) is 5.58 Å². The van der Waals surface area contributed by atoms with Crippen molar-refractivity contribution in [2.75, 3.05) is 13.1 Å². The Morgan fingerprint density at radius 2 is 1.90 bits per heavy atom. The molecular weight excluding hydrogens is 266 g/mol. The molecule has 1 saturated heterocycles. The van der Waals surface area contributed by atoms with E-state index in [1.165, 1.54) is 24.0 Å². The zero-order valence-corrected chi connectivity index (χ0v) is 12.8. The molecule has 1 aromatic heterocycles. The van der Waals surface area contributed by atoms with Gasteiger partial charge in [0.05, 0.1) is 0 Å². The zero-order valence-electron chi connectivity index (χ0n) is 12.8. The van der Waals surface area contributed by atoms with Crippen LogP contribution in [0.3, 0.4) is 0 Å².